The Labute approximate surface area is 159 Å². The van der Waals surface area contributed by atoms with E-state index < -0.39 is 11.7 Å². The summed E-state index contributed by atoms with van der Waals surface area (Å²) in [4.78, 5) is 22.1. The van der Waals surface area contributed by atoms with Crippen molar-refractivity contribution in [1.29, 1.82) is 0 Å². The van der Waals surface area contributed by atoms with Crippen molar-refractivity contribution >= 4 is 5.91 Å². The van der Waals surface area contributed by atoms with Crippen LogP contribution in [0.5, 0.6) is 0 Å². The zero-order valence-corrected chi connectivity index (χ0v) is 15.1. The molecule has 1 aliphatic rings. The van der Waals surface area contributed by atoms with E-state index in [-0.39, 0.29) is 17.6 Å². The number of carbonyl (C=O) groups excluding carboxylic acids is 1. The van der Waals surface area contributed by atoms with Crippen molar-refractivity contribution in [2.45, 2.75) is 32.0 Å². The summed E-state index contributed by atoms with van der Waals surface area (Å²) in [6.07, 6.45) is 2.00. The van der Waals surface area contributed by atoms with Crippen LogP contribution in [0.25, 0.3) is 5.69 Å². The molecule has 0 aliphatic carbocycles. The summed E-state index contributed by atoms with van der Waals surface area (Å²) in [5.41, 5.74) is 0.367. The van der Waals surface area contributed by atoms with E-state index >= 15 is 0 Å². The SMILES string of the molecule is Cc1c(C(=O)N2CCC[C@H]2c2ncc[nH]2)cnn1-c1cccc(C(F)(F)F)c1. The Kier molecular flexibility index (Phi) is 4.44. The van der Waals surface area contributed by atoms with Gasteiger partial charge in [-0.1, -0.05) is 6.07 Å². The summed E-state index contributed by atoms with van der Waals surface area (Å²) in [6.45, 7) is 2.27. The fourth-order valence-electron chi connectivity index (χ4n) is 3.60. The zero-order valence-electron chi connectivity index (χ0n) is 15.1. The first-order chi connectivity index (χ1) is 13.4. The predicted octanol–water partition coefficient (Wildman–Crippen LogP) is 3.90. The van der Waals surface area contributed by atoms with E-state index in [1.165, 1.54) is 23.0 Å². The quantitative estimate of drug-likeness (QED) is 0.739. The maximum atomic E-state index is 13.1. The van der Waals surface area contributed by atoms with E-state index in [1.807, 2.05) is 0 Å². The second-order valence-corrected chi connectivity index (χ2v) is 6.73. The molecule has 9 heteroatoms. The average Bonchev–Trinajstić information content (AvgIpc) is 3.40. The number of aromatic nitrogens is 4. The molecule has 1 aromatic carbocycles. The average molecular weight is 389 g/mol. The van der Waals surface area contributed by atoms with Gasteiger partial charge in [0.05, 0.1) is 34.7 Å². The molecule has 3 heterocycles. The number of carbonyl (C=O) groups is 1. The van der Waals surface area contributed by atoms with E-state index in [9.17, 15) is 18.0 Å². The van der Waals surface area contributed by atoms with Gasteiger partial charge in [-0.15, -0.1) is 0 Å². The number of nitrogens with zero attached hydrogens (tertiary/aromatic N) is 4. The van der Waals surface area contributed by atoms with Gasteiger partial charge < -0.3 is 9.88 Å². The molecule has 2 aromatic heterocycles. The van der Waals surface area contributed by atoms with Crippen molar-refractivity contribution in [3.05, 3.63) is 65.5 Å². The van der Waals surface area contributed by atoms with Gasteiger partial charge in [-0.3, -0.25) is 4.79 Å². The molecule has 0 unspecified atom stereocenters. The lowest BCUT2D eigenvalue weighted by Gasteiger charge is -2.23. The monoisotopic (exact) mass is 389 g/mol. The fraction of sp³-hybridized carbons (Fsp3) is 0.316. The third-order valence-electron chi connectivity index (χ3n) is 5.01. The second kappa shape index (κ2) is 6.81. The maximum Gasteiger partial charge on any atom is 0.416 e. The summed E-state index contributed by atoms with van der Waals surface area (Å²) in [5.74, 6) is 0.531. The highest BCUT2D eigenvalue weighted by Crippen LogP contribution is 2.33. The van der Waals surface area contributed by atoms with Crippen molar-refractivity contribution in [3.63, 3.8) is 0 Å². The van der Waals surface area contributed by atoms with Crippen LogP contribution in [0.2, 0.25) is 0 Å². The maximum absolute atomic E-state index is 13.1. The molecular formula is C19H18F3N5O. The smallest absolute Gasteiger partial charge is 0.347 e. The summed E-state index contributed by atoms with van der Waals surface area (Å²) in [6, 6.07) is 4.75. The Morgan fingerprint density at radius 1 is 1.32 bits per heavy atom. The van der Waals surface area contributed by atoms with E-state index in [4.69, 9.17) is 0 Å². The number of H-pyrrole nitrogens is 1. The molecule has 0 spiro atoms. The molecule has 1 fully saturated rings. The number of aromatic amines is 1. The largest absolute Gasteiger partial charge is 0.416 e. The number of nitrogens with one attached hydrogen (secondary N) is 1. The van der Waals surface area contributed by atoms with E-state index in [1.54, 1.807) is 24.2 Å². The van der Waals surface area contributed by atoms with Crippen molar-refractivity contribution < 1.29 is 18.0 Å². The van der Waals surface area contributed by atoms with Gasteiger partial charge in [0.2, 0.25) is 0 Å². The minimum atomic E-state index is -4.44. The first-order valence-electron chi connectivity index (χ1n) is 8.89. The molecule has 28 heavy (non-hydrogen) atoms. The third kappa shape index (κ3) is 3.17. The lowest BCUT2D eigenvalue weighted by molar-refractivity contribution is -0.137. The summed E-state index contributed by atoms with van der Waals surface area (Å²) >= 11 is 0. The van der Waals surface area contributed by atoms with Crippen molar-refractivity contribution in [3.8, 4) is 5.69 Å². The molecular weight excluding hydrogens is 371 g/mol. The van der Waals surface area contributed by atoms with Crippen LogP contribution in [0.4, 0.5) is 13.2 Å². The molecule has 3 aromatic rings. The van der Waals surface area contributed by atoms with Gasteiger partial charge in [0.1, 0.15) is 5.82 Å². The second-order valence-electron chi connectivity index (χ2n) is 6.73. The standard InChI is InChI=1S/C19H18F3N5O/c1-12-15(18(28)26-9-3-6-16(26)17-23-7-8-24-17)11-25-27(12)14-5-2-4-13(10-14)19(20,21)22/h2,4-5,7-8,10-11,16H,3,6,9H2,1H3,(H,23,24)/t16-/m0/s1. The number of likely N-dealkylation sites (tertiary alicyclic amines) is 1. The molecule has 0 saturated carbocycles. The first kappa shape index (κ1) is 18.3. The minimum absolute atomic E-state index is 0.140. The first-order valence-corrected chi connectivity index (χ1v) is 8.89. The van der Waals surface area contributed by atoms with Crippen LogP contribution < -0.4 is 0 Å². The highest BCUT2D eigenvalue weighted by molar-refractivity contribution is 5.95. The third-order valence-corrected chi connectivity index (χ3v) is 5.01. The molecule has 1 atom stereocenters. The van der Waals surface area contributed by atoms with Gasteiger partial charge in [-0.25, -0.2) is 9.67 Å². The lowest BCUT2D eigenvalue weighted by Crippen LogP contribution is -2.31. The number of amides is 1. The van der Waals surface area contributed by atoms with Crippen LogP contribution in [-0.4, -0.2) is 37.1 Å². The Hall–Kier alpha value is -3.10. The van der Waals surface area contributed by atoms with Crippen molar-refractivity contribution in [1.82, 2.24) is 24.6 Å². The van der Waals surface area contributed by atoms with Crippen LogP contribution in [0, 0.1) is 6.92 Å². The number of rotatable bonds is 3. The number of benzene rings is 1. The van der Waals surface area contributed by atoms with Crippen LogP contribution in [0.15, 0.2) is 42.9 Å². The number of hydrogen-bond donors (Lipinski definition) is 1. The van der Waals surface area contributed by atoms with Crippen LogP contribution in [0.1, 0.15) is 46.3 Å². The molecule has 146 valence electrons. The van der Waals surface area contributed by atoms with Gasteiger partial charge in [-0.2, -0.15) is 18.3 Å². The summed E-state index contributed by atoms with van der Waals surface area (Å²) in [7, 11) is 0. The van der Waals surface area contributed by atoms with Gasteiger partial charge >= 0.3 is 6.18 Å². The highest BCUT2D eigenvalue weighted by atomic mass is 19.4. The number of hydrogen-bond acceptors (Lipinski definition) is 3. The summed E-state index contributed by atoms with van der Waals surface area (Å²) < 4.78 is 40.4. The van der Waals surface area contributed by atoms with Gasteiger partial charge in [0, 0.05) is 18.9 Å². The fourth-order valence-corrected chi connectivity index (χ4v) is 3.60. The Balaban J connectivity index is 1.65. The minimum Gasteiger partial charge on any atom is -0.347 e. The molecule has 0 bridgehead atoms. The van der Waals surface area contributed by atoms with Crippen LogP contribution in [0.3, 0.4) is 0 Å². The molecule has 4 rings (SSSR count). The molecule has 1 saturated heterocycles. The number of imidazole rings is 1. The highest BCUT2D eigenvalue weighted by Gasteiger charge is 2.34. The lowest BCUT2D eigenvalue weighted by atomic mass is 10.1. The normalized spacial score (nSPS) is 17.3. The zero-order chi connectivity index (χ0) is 19.9. The van der Waals surface area contributed by atoms with Crippen molar-refractivity contribution in [2.24, 2.45) is 0 Å². The molecule has 1 N–H and O–H groups in total. The Morgan fingerprint density at radius 2 is 2.14 bits per heavy atom. The topological polar surface area (TPSA) is 66.8 Å². The van der Waals surface area contributed by atoms with Gasteiger partial charge in [0.25, 0.3) is 5.91 Å². The Bertz CT molecular complexity index is 993. The molecule has 0 radical (unpaired) electrons. The van der Waals surface area contributed by atoms with E-state index in [0.29, 0.717) is 17.8 Å². The number of halogens is 3. The van der Waals surface area contributed by atoms with Crippen LogP contribution >= 0.6 is 0 Å². The molecule has 1 amide bonds. The van der Waals surface area contributed by atoms with E-state index in [0.717, 1.165) is 30.8 Å². The molecule has 6 nitrogen and oxygen atoms in total. The van der Waals surface area contributed by atoms with Gasteiger partial charge in [-0.05, 0) is 38.0 Å². The predicted molar refractivity (Wildman–Crippen MR) is 94.9 cm³/mol. The van der Waals surface area contributed by atoms with Crippen molar-refractivity contribution in [2.75, 3.05) is 6.54 Å². The molecule has 1 aliphatic heterocycles. The number of alkyl halides is 3. The summed E-state index contributed by atoms with van der Waals surface area (Å²) in [5, 5.41) is 4.17. The van der Waals surface area contributed by atoms with E-state index in [2.05, 4.69) is 15.1 Å². The Morgan fingerprint density at radius 3 is 2.86 bits per heavy atom. The van der Waals surface area contributed by atoms with Crippen LogP contribution in [-0.2, 0) is 6.18 Å². The van der Waals surface area contributed by atoms with Gasteiger partial charge in [0.15, 0.2) is 0 Å².